The fraction of sp³-hybridized carbons (Fsp3) is 0.889. The van der Waals surface area contributed by atoms with Gasteiger partial charge in [0.2, 0.25) is 0 Å². The molecule has 0 aromatic carbocycles. The van der Waals surface area contributed by atoms with Crippen LogP contribution in [0.4, 0.5) is 4.79 Å². The number of hydrogen-bond acceptors (Lipinski definition) is 2. The molecule has 0 radical (unpaired) electrons. The van der Waals surface area contributed by atoms with E-state index in [0.29, 0.717) is 0 Å². The maximum atomic E-state index is 11.4. The van der Waals surface area contributed by atoms with Crippen molar-refractivity contribution in [1.29, 1.82) is 0 Å². The average Bonchev–Trinajstić information content (AvgIpc) is 2.21. The van der Waals surface area contributed by atoms with Crippen molar-refractivity contribution in [2.75, 3.05) is 12.0 Å². The molecule has 82 valence electrons. The van der Waals surface area contributed by atoms with E-state index in [1.807, 2.05) is 0 Å². The fourth-order valence-corrected chi connectivity index (χ4v) is 1.98. The number of ether oxygens (including phenoxy) is 1. The van der Waals surface area contributed by atoms with E-state index in [1.165, 1.54) is 11.3 Å². The highest BCUT2D eigenvalue weighted by Crippen LogP contribution is 2.21. The third-order valence-electron chi connectivity index (χ3n) is 2.37. The smallest absolute Gasteiger partial charge is 0.412 e. The lowest BCUT2D eigenvalue weighted by Gasteiger charge is -2.24. The number of hydrogen-bond donors (Lipinski definition) is 0. The van der Waals surface area contributed by atoms with E-state index < -0.39 is 6.09 Å². The molecule has 1 saturated carbocycles. The summed E-state index contributed by atoms with van der Waals surface area (Å²) in [6.45, 7) is 0. The first kappa shape index (κ1) is 11.9. The zero-order chi connectivity index (χ0) is 10.4. The topological polar surface area (TPSA) is 29.5 Å². The summed E-state index contributed by atoms with van der Waals surface area (Å²) in [7, 11) is 0. The first-order valence-corrected chi connectivity index (χ1v) is 5.92. The van der Waals surface area contributed by atoms with Crippen LogP contribution in [0, 0.1) is 0 Å². The molecular formula is C9H15Cl2NO2. The second kappa shape index (κ2) is 6.36. The van der Waals surface area contributed by atoms with Gasteiger partial charge in [-0.1, -0.05) is 6.42 Å². The lowest BCUT2D eigenvalue weighted by Crippen LogP contribution is -2.33. The van der Waals surface area contributed by atoms with Crippen LogP contribution in [-0.2, 0) is 4.74 Å². The molecule has 14 heavy (non-hydrogen) atoms. The molecular weight excluding hydrogens is 225 g/mol. The van der Waals surface area contributed by atoms with Gasteiger partial charge < -0.3 is 4.74 Å². The van der Waals surface area contributed by atoms with Gasteiger partial charge in [0, 0.05) is 0 Å². The second-order valence-corrected chi connectivity index (χ2v) is 3.90. The van der Waals surface area contributed by atoms with Crippen LogP contribution in [0.2, 0.25) is 0 Å². The summed E-state index contributed by atoms with van der Waals surface area (Å²) in [5.74, 6) is 0. The van der Waals surface area contributed by atoms with Crippen molar-refractivity contribution in [1.82, 2.24) is 4.90 Å². The van der Waals surface area contributed by atoms with E-state index in [1.54, 1.807) is 0 Å². The Morgan fingerprint density at radius 2 is 1.79 bits per heavy atom. The molecule has 3 nitrogen and oxygen atoms in total. The summed E-state index contributed by atoms with van der Waals surface area (Å²) in [5, 5.41) is 0. The van der Waals surface area contributed by atoms with Crippen LogP contribution in [0.25, 0.3) is 0 Å². The van der Waals surface area contributed by atoms with Gasteiger partial charge in [0.25, 0.3) is 0 Å². The molecule has 1 fully saturated rings. The highest BCUT2D eigenvalue weighted by atomic mass is 35.5. The molecule has 1 aliphatic rings. The van der Waals surface area contributed by atoms with Crippen LogP contribution in [0.5, 0.6) is 0 Å². The van der Waals surface area contributed by atoms with Gasteiger partial charge in [-0.05, 0) is 25.7 Å². The van der Waals surface area contributed by atoms with Gasteiger partial charge in [-0.25, -0.2) is 4.79 Å². The highest BCUT2D eigenvalue weighted by molar-refractivity contribution is 6.21. The Morgan fingerprint density at radius 3 is 2.29 bits per heavy atom. The van der Waals surface area contributed by atoms with Gasteiger partial charge in [-0.2, -0.15) is 0 Å². The van der Waals surface area contributed by atoms with Crippen molar-refractivity contribution >= 4 is 29.3 Å². The van der Waals surface area contributed by atoms with Gasteiger partial charge in [0.15, 0.2) is 0 Å². The standard InChI is InChI=1S/C9H15Cl2NO2/c10-6-12(7-11)9(13)14-8-4-2-1-3-5-8/h8H,1-7H2. The van der Waals surface area contributed by atoms with Gasteiger partial charge in [-0.15, -0.1) is 23.2 Å². The molecule has 0 spiro atoms. The molecule has 1 aliphatic carbocycles. The second-order valence-electron chi connectivity index (χ2n) is 3.42. The SMILES string of the molecule is O=C(OC1CCCCC1)N(CCl)CCl. The molecule has 0 aliphatic heterocycles. The molecule has 1 amide bonds. The predicted octanol–water partition coefficient (Wildman–Crippen LogP) is 3.15. The summed E-state index contributed by atoms with van der Waals surface area (Å²) < 4.78 is 5.25. The van der Waals surface area contributed by atoms with Crippen molar-refractivity contribution in [3.63, 3.8) is 0 Å². The summed E-state index contributed by atoms with van der Waals surface area (Å²) in [6, 6.07) is 0.157. The molecule has 0 saturated heterocycles. The van der Waals surface area contributed by atoms with Gasteiger partial charge in [0.1, 0.15) is 18.1 Å². The molecule has 0 unspecified atom stereocenters. The van der Waals surface area contributed by atoms with Crippen LogP contribution < -0.4 is 0 Å². The van der Waals surface area contributed by atoms with E-state index in [9.17, 15) is 4.79 Å². The zero-order valence-electron chi connectivity index (χ0n) is 8.05. The maximum Gasteiger partial charge on any atom is 0.412 e. The Kier molecular flexibility index (Phi) is 5.41. The summed E-state index contributed by atoms with van der Waals surface area (Å²) in [5.41, 5.74) is 0. The quantitative estimate of drug-likeness (QED) is 0.560. The number of alkyl halides is 2. The zero-order valence-corrected chi connectivity index (χ0v) is 9.56. The predicted molar refractivity (Wildman–Crippen MR) is 56.6 cm³/mol. The van der Waals surface area contributed by atoms with Crippen molar-refractivity contribution in [2.24, 2.45) is 0 Å². The number of nitrogens with zero attached hydrogens (tertiary/aromatic N) is 1. The molecule has 5 heteroatoms. The van der Waals surface area contributed by atoms with E-state index >= 15 is 0 Å². The number of carbonyl (C=O) groups is 1. The largest absolute Gasteiger partial charge is 0.446 e. The Bertz CT molecular complexity index is 180. The maximum absolute atomic E-state index is 11.4. The Labute approximate surface area is 94.3 Å². The molecule has 0 bridgehead atoms. The minimum absolute atomic E-state index is 0.0604. The number of carbonyl (C=O) groups excluding carboxylic acids is 1. The third kappa shape index (κ3) is 3.54. The lowest BCUT2D eigenvalue weighted by atomic mass is 9.98. The monoisotopic (exact) mass is 239 g/mol. The van der Waals surface area contributed by atoms with Crippen molar-refractivity contribution < 1.29 is 9.53 Å². The van der Waals surface area contributed by atoms with E-state index in [2.05, 4.69) is 0 Å². The van der Waals surface area contributed by atoms with E-state index in [-0.39, 0.29) is 18.1 Å². The Balaban J connectivity index is 2.30. The molecule has 0 aromatic heterocycles. The van der Waals surface area contributed by atoms with E-state index in [0.717, 1.165) is 25.7 Å². The lowest BCUT2D eigenvalue weighted by molar-refractivity contribution is 0.0531. The molecule has 0 atom stereocenters. The fourth-order valence-electron chi connectivity index (χ4n) is 1.53. The Morgan fingerprint density at radius 1 is 1.21 bits per heavy atom. The van der Waals surface area contributed by atoms with Crippen LogP contribution in [-0.4, -0.2) is 29.1 Å². The number of rotatable bonds is 3. The molecule has 0 aromatic rings. The highest BCUT2D eigenvalue weighted by Gasteiger charge is 2.20. The van der Waals surface area contributed by atoms with Gasteiger partial charge >= 0.3 is 6.09 Å². The molecule has 1 rings (SSSR count). The molecule has 0 N–H and O–H groups in total. The van der Waals surface area contributed by atoms with Crippen LogP contribution >= 0.6 is 23.2 Å². The van der Waals surface area contributed by atoms with Gasteiger partial charge in [0.05, 0.1) is 0 Å². The number of halogens is 2. The van der Waals surface area contributed by atoms with Crippen molar-refractivity contribution in [3.05, 3.63) is 0 Å². The van der Waals surface area contributed by atoms with Gasteiger partial charge in [-0.3, -0.25) is 4.90 Å². The first-order chi connectivity index (χ1) is 6.77. The van der Waals surface area contributed by atoms with Crippen LogP contribution in [0.15, 0.2) is 0 Å². The minimum Gasteiger partial charge on any atom is -0.446 e. The van der Waals surface area contributed by atoms with Crippen molar-refractivity contribution in [2.45, 2.75) is 38.2 Å². The summed E-state index contributed by atoms with van der Waals surface area (Å²) in [6.07, 6.45) is 5.10. The minimum atomic E-state index is -0.401. The molecule has 0 heterocycles. The normalized spacial score (nSPS) is 17.9. The average molecular weight is 240 g/mol. The summed E-state index contributed by atoms with van der Waals surface area (Å²) in [4.78, 5) is 12.7. The third-order valence-corrected chi connectivity index (χ3v) is 2.94. The van der Waals surface area contributed by atoms with Crippen LogP contribution in [0.1, 0.15) is 32.1 Å². The van der Waals surface area contributed by atoms with Crippen LogP contribution in [0.3, 0.4) is 0 Å². The van der Waals surface area contributed by atoms with Crippen molar-refractivity contribution in [3.8, 4) is 0 Å². The number of amides is 1. The Hall–Kier alpha value is -0.150. The summed E-state index contributed by atoms with van der Waals surface area (Å²) >= 11 is 11.0. The van der Waals surface area contributed by atoms with E-state index in [4.69, 9.17) is 27.9 Å². The first-order valence-electron chi connectivity index (χ1n) is 4.85.